The van der Waals surface area contributed by atoms with Gasteiger partial charge in [0.1, 0.15) is 0 Å². The first-order chi connectivity index (χ1) is 10.5. The summed E-state index contributed by atoms with van der Waals surface area (Å²) in [7, 11) is 0. The SMILES string of the molecule is CCC12CCC3C4CCC(=O)C=C4CCC3C1C=C[C@]2(C)O. The maximum atomic E-state index is 11.7. The number of allylic oxidation sites excluding steroid dienone is 3. The van der Waals surface area contributed by atoms with Crippen molar-refractivity contribution in [2.24, 2.45) is 29.1 Å². The first kappa shape index (κ1) is 14.7. The van der Waals surface area contributed by atoms with Crippen molar-refractivity contribution in [1.82, 2.24) is 0 Å². The zero-order chi connectivity index (χ0) is 15.5. The van der Waals surface area contributed by atoms with Crippen LogP contribution in [0.1, 0.15) is 58.8 Å². The lowest BCUT2D eigenvalue weighted by atomic mass is 9.49. The summed E-state index contributed by atoms with van der Waals surface area (Å²) in [5, 5.41) is 11.0. The molecule has 120 valence electrons. The molecule has 0 spiro atoms. The molecular weight excluding hydrogens is 272 g/mol. The summed E-state index contributed by atoms with van der Waals surface area (Å²) in [6.07, 6.45) is 13.9. The van der Waals surface area contributed by atoms with Gasteiger partial charge >= 0.3 is 0 Å². The van der Waals surface area contributed by atoms with E-state index in [-0.39, 0.29) is 5.41 Å². The quantitative estimate of drug-likeness (QED) is 0.742. The Labute approximate surface area is 133 Å². The van der Waals surface area contributed by atoms with Crippen LogP contribution in [0.5, 0.6) is 0 Å². The Hall–Kier alpha value is -0.890. The molecule has 2 heteroatoms. The van der Waals surface area contributed by atoms with Crippen LogP contribution in [0.4, 0.5) is 0 Å². The number of rotatable bonds is 1. The molecule has 0 aromatic rings. The van der Waals surface area contributed by atoms with E-state index in [0.29, 0.717) is 23.5 Å². The second kappa shape index (κ2) is 4.80. The van der Waals surface area contributed by atoms with Gasteiger partial charge in [-0.2, -0.15) is 0 Å². The number of hydrogen-bond donors (Lipinski definition) is 1. The molecule has 4 aliphatic rings. The molecule has 4 rings (SSSR count). The standard InChI is InChI=1S/C20H28O2/c1-3-20-11-8-16-15-7-5-14(21)12-13(15)4-6-17(16)18(20)9-10-19(20,2)22/h9-10,12,15-18,22H,3-8,11H2,1-2H3/t15?,16?,17?,18?,19-,20?/m0/s1. The van der Waals surface area contributed by atoms with Gasteiger partial charge in [0.15, 0.2) is 5.78 Å². The number of ketones is 1. The van der Waals surface area contributed by atoms with E-state index in [1.165, 1.54) is 18.4 Å². The van der Waals surface area contributed by atoms with Crippen LogP contribution >= 0.6 is 0 Å². The lowest BCUT2D eigenvalue weighted by Crippen LogP contribution is -2.53. The monoisotopic (exact) mass is 300 g/mol. The van der Waals surface area contributed by atoms with Crippen LogP contribution in [0.3, 0.4) is 0 Å². The van der Waals surface area contributed by atoms with Crippen molar-refractivity contribution in [3.8, 4) is 0 Å². The van der Waals surface area contributed by atoms with Gasteiger partial charge in [0.2, 0.25) is 0 Å². The summed E-state index contributed by atoms with van der Waals surface area (Å²) in [6.45, 7) is 4.27. The van der Waals surface area contributed by atoms with Crippen molar-refractivity contribution in [3.05, 3.63) is 23.8 Å². The van der Waals surface area contributed by atoms with Crippen LogP contribution in [0.2, 0.25) is 0 Å². The van der Waals surface area contributed by atoms with Crippen LogP contribution < -0.4 is 0 Å². The van der Waals surface area contributed by atoms with E-state index in [1.807, 2.05) is 13.0 Å². The Kier molecular flexibility index (Phi) is 3.21. The molecule has 0 heterocycles. The first-order valence-corrected chi connectivity index (χ1v) is 9.13. The highest BCUT2D eigenvalue weighted by molar-refractivity contribution is 5.91. The zero-order valence-electron chi connectivity index (χ0n) is 13.8. The van der Waals surface area contributed by atoms with Crippen LogP contribution in [0.15, 0.2) is 23.8 Å². The lowest BCUT2D eigenvalue weighted by Gasteiger charge is -2.56. The lowest BCUT2D eigenvalue weighted by molar-refractivity contribution is -0.118. The molecule has 2 fully saturated rings. The fraction of sp³-hybridized carbons (Fsp3) is 0.750. The molecule has 0 bridgehead atoms. The van der Waals surface area contributed by atoms with Gasteiger partial charge in [-0.15, -0.1) is 0 Å². The van der Waals surface area contributed by atoms with Crippen LogP contribution in [-0.2, 0) is 4.79 Å². The van der Waals surface area contributed by atoms with Gasteiger partial charge < -0.3 is 5.11 Å². The fourth-order valence-corrected chi connectivity index (χ4v) is 6.47. The van der Waals surface area contributed by atoms with E-state index in [9.17, 15) is 9.90 Å². The Morgan fingerprint density at radius 1 is 1.23 bits per heavy atom. The summed E-state index contributed by atoms with van der Waals surface area (Å²) in [4.78, 5) is 11.7. The van der Waals surface area contributed by atoms with Crippen molar-refractivity contribution in [2.75, 3.05) is 0 Å². The molecule has 1 N–H and O–H groups in total. The maximum absolute atomic E-state index is 11.7. The normalized spacial score (nSPS) is 50.1. The largest absolute Gasteiger partial charge is 0.385 e. The van der Waals surface area contributed by atoms with Gasteiger partial charge in [0, 0.05) is 11.8 Å². The summed E-state index contributed by atoms with van der Waals surface area (Å²) in [5.41, 5.74) is 0.853. The Morgan fingerprint density at radius 2 is 2.05 bits per heavy atom. The van der Waals surface area contributed by atoms with Crippen LogP contribution in [0, 0.1) is 29.1 Å². The third-order valence-corrected chi connectivity index (χ3v) is 7.65. The third kappa shape index (κ3) is 1.79. The Balaban J connectivity index is 1.67. The van der Waals surface area contributed by atoms with Crippen molar-refractivity contribution in [2.45, 2.75) is 64.4 Å². The fourth-order valence-electron chi connectivity index (χ4n) is 6.47. The van der Waals surface area contributed by atoms with Gasteiger partial charge in [-0.25, -0.2) is 0 Å². The van der Waals surface area contributed by atoms with Gasteiger partial charge in [-0.05, 0) is 75.2 Å². The molecule has 0 amide bonds. The number of carbonyl (C=O) groups is 1. The molecule has 5 unspecified atom stereocenters. The van der Waals surface area contributed by atoms with E-state index in [1.54, 1.807) is 0 Å². The number of carbonyl (C=O) groups excluding carboxylic acids is 1. The first-order valence-electron chi connectivity index (χ1n) is 9.13. The Morgan fingerprint density at radius 3 is 2.82 bits per heavy atom. The van der Waals surface area contributed by atoms with Crippen molar-refractivity contribution in [3.63, 3.8) is 0 Å². The van der Waals surface area contributed by atoms with Gasteiger partial charge in [0.25, 0.3) is 0 Å². The number of hydrogen-bond acceptors (Lipinski definition) is 2. The third-order valence-electron chi connectivity index (χ3n) is 7.65. The smallest absolute Gasteiger partial charge is 0.155 e. The molecule has 0 radical (unpaired) electrons. The predicted molar refractivity (Wildman–Crippen MR) is 87.2 cm³/mol. The summed E-state index contributed by atoms with van der Waals surface area (Å²) < 4.78 is 0. The molecule has 0 aromatic carbocycles. The average Bonchev–Trinajstić information content (AvgIpc) is 2.78. The van der Waals surface area contributed by atoms with Crippen LogP contribution in [0.25, 0.3) is 0 Å². The van der Waals surface area contributed by atoms with Gasteiger partial charge in [0.05, 0.1) is 5.60 Å². The zero-order valence-corrected chi connectivity index (χ0v) is 13.8. The molecule has 0 aromatic heterocycles. The van der Waals surface area contributed by atoms with Crippen molar-refractivity contribution in [1.29, 1.82) is 0 Å². The van der Waals surface area contributed by atoms with Crippen molar-refractivity contribution >= 4 is 5.78 Å². The molecule has 2 nitrogen and oxygen atoms in total. The van der Waals surface area contributed by atoms with E-state index >= 15 is 0 Å². The highest BCUT2D eigenvalue weighted by Gasteiger charge is 2.59. The van der Waals surface area contributed by atoms with E-state index in [2.05, 4.69) is 19.1 Å². The molecule has 0 saturated heterocycles. The molecule has 6 atom stereocenters. The number of fused-ring (bicyclic) bond motifs is 5. The number of aliphatic hydroxyl groups is 1. The minimum absolute atomic E-state index is 0.0554. The van der Waals surface area contributed by atoms with E-state index < -0.39 is 5.60 Å². The summed E-state index contributed by atoms with van der Waals surface area (Å²) >= 11 is 0. The topological polar surface area (TPSA) is 37.3 Å². The van der Waals surface area contributed by atoms with E-state index in [0.717, 1.165) is 38.0 Å². The average molecular weight is 300 g/mol. The molecule has 22 heavy (non-hydrogen) atoms. The highest BCUT2D eigenvalue weighted by atomic mass is 16.3. The van der Waals surface area contributed by atoms with Gasteiger partial charge in [-0.3, -0.25) is 4.79 Å². The summed E-state index contributed by atoms with van der Waals surface area (Å²) in [5.74, 6) is 2.95. The Bertz CT molecular complexity index is 556. The minimum atomic E-state index is -0.643. The second-order valence-corrected chi connectivity index (χ2v) is 8.28. The van der Waals surface area contributed by atoms with Crippen molar-refractivity contribution < 1.29 is 9.90 Å². The molecular formula is C20H28O2. The minimum Gasteiger partial charge on any atom is -0.385 e. The maximum Gasteiger partial charge on any atom is 0.155 e. The molecule has 2 saturated carbocycles. The van der Waals surface area contributed by atoms with Crippen LogP contribution in [-0.4, -0.2) is 16.5 Å². The predicted octanol–water partition coefficient (Wildman–Crippen LogP) is 4.05. The summed E-state index contributed by atoms with van der Waals surface area (Å²) in [6, 6.07) is 0. The highest BCUT2D eigenvalue weighted by Crippen LogP contribution is 2.63. The molecule has 0 aliphatic heterocycles. The molecule has 4 aliphatic carbocycles. The van der Waals surface area contributed by atoms with Gasteiger partial charge in [-0.1, -0.05) is 24.6 Å². The van der Waals surface area contributed by atoms with E-state index in [4.69, 9.17) is 0 Å². The second-order valence-electron chi connectivity index (χ2n) is 8.28.